The lowest BCUT2D eigenvalue weighted by atomic mass is 9.66. The van der Waals surface area contributed by atoms with Crippen LogP contribution in [-0.2, 0) is 10.3 Å². The molecule has 2 nitrogen and oxygen atoms in total. The zero-order chi connectivity index (χ0) is 22.0. The molecule has 2 saturated carbocycles. The highest BCUT2D eigenvalue weighted by molar-refractivity contribution is 5.26. The third kappa shape index (κ3) is 5.13. The van der Waals surface area contributed by atoms with Crippen LogP contribution < -0.4 is 0 Å². The van der Waals surface area contributed by atoms with Crippen LogP contribution in [0.5, 0.6) is 0 Å². The van der Waals surface area contributed by atoms with E-state index in [0.29, 0.717) is 36.7 Å². The first-order valence-corrected chi connectivity index (χ1v) is 12.4. The molecule has 2 aliphatic carbocycles. The van der Waals surface area contributed by atoms with E-state index >= 15 is 0 Å². The smallest absolute Gasteiger partial charge is 0.194 e. The Balaban J connectivity index is 1.26. The van der Waals surface area contributed by atoms with Crippen molar-refractivity contribution in [2.75, 3.05) is 6.61 Å². The van der Waals surface area contributed by atoms with Gasteiger partial charge in [-0.25, -0.2) is 13.2 Å². The monoisotopic (exact) mass is 438 g/mol. The summed E-state index contributed by atoms with van der Waals surface area (Å²) in [6.07, 6.45) is 13.0. The fourth-order valence-corrected chi connectivity index (χ4v) is 6.52. The second kappa shape index (κ2) is 9.82. The minimum absolute atomic E-state index is 0.168. The fraction of sp³-hybridized carbons (Fsp3) is 0.769. The van der Waals surface area contributed by atoms with Crippen LogP contribution in [0.15, 0.2) is 12.1 Å². The highest BCUT2D eigenvalue weighted by Crippen LogP contribution is 2.47. The molecule has 3 fully saturated rings. The second-order valence-corrected chi connectivity index (χ2v) is 10.4. The molecule has 1 aliphatic heterocycles. The largest absolute Gasteiger partial charge is 0.385 e. The highest BCUT2D eigenvalue weighted by Gasteiger charge is 2.40. The maximum atomic E-state index is 13.6. The Kier molecular flexibility index (Phi) is 7.32. The summed E-state index contributed by atoms with van der Waals surface area (Å²) < 4.78 is 46.8. The van der Waals surface area contributed by atoms with Crippen molar-refractivity contribution in [1.29, 1.82) is 0 Å². The van der Waals surface area contributed by atoms with E-state index in [2.05, 4.69) is 6.92 Å². The Morgan fingerprint density at radius 3 is 2.00 bits per heavy atom. The van der Waals surface area contributed by atoms with Crippen LogP contribution in [0, 0.1) is 41.1 Å². The lowest BCUT2D eigenvalue weighted by Crippen LogP contribution is -2.37. The molecule has 174 valence electrons. The van der Waals surface area contributed by atoms with Gasteiger partial charge in [-0.3, -0.25) is 0 Å². The quantitative estimate of drug-likeness (QED) is 0.508. The minimum Gasteiger partial charge on any atom is -0.385 e. The van der Waals surface area contributed by atoms with Crippen LogP contribution in [0.1, 0.15) is 89.5 Å². The predicted octanol–water partition coefficient (Wildman–Crippen LogP) is 6.88. The Hall–Kier alpha value is -1.07. The lowest BCUT2D eigenvalue weighted by Gasteiger charge is -2.43. The topological polar surface area (TPSA) is 29.5 Å². The molecule has 0 spiro atoms. The molecule has 0 amide bonds. The van der Waals surface area contributed by atoms with Crippen molar-refractivity contribution in [3.8, 4) is 0 Å². The molecule has 2 atom stereocenters. The molecule has 31 heavy (non-hydrogen) atoms. The van der Waals surface area contributed by atoms with Gasteiger partial charge in [0.05, 0.1) is 11.7 Å². The van der Waals surface area contributed by atoms with Crippen LogP contribution in [-0.4, -0.2) is 17.8 Å². The molecule has 3 aliphatic rings. The summed E-state index contributed by atoms with van der Waals surface area (Å²) in [6.45, 7) is 3.18. The molecule has 1 aromatic carbocycles. The number of benzene rings is 1. The Bertz CT molecular complexity index is 705. The number of rotatable bonds is 5. The first-order chi connectivity index (χ1) is 14.9. The standard InChI is InChI=1S/C26H37F3O2/c1-2-3-17-4-9-24(31-16-17)20-7-5-18(6-8-20)19-10-12-26(30,13-11-19)21-14-22(27)25(29)23(28)15-21/h14-15,17-20,24,30H,2-13,16H2,1H3. The van der Waals surface area contributed by atoms with Gasteiger partial charge in [0.15, 0.2) is 17.5 Å². The first kappa shape index (κ1) is 23.1. The van der Waals surface area contributed by atoms with Crippen LogP contribution in [0.3, 0.4) is 0 Å². The average Bonchev–Trinajstić information content (AvgIpc) is 2.78. The predicted molar refractivity (Wildman–Crippen MR) is 115 cm³/mol. The van der Waals surface area contributed by atoms with Crippen molar-refractivity contribution in [2.24, 2.45) is 23.7 Å². The van der Waals surface area contributed by atoms with Crippen LogP contribution >= 0.6 is 0 Å². The first-order valence-electron chi connectivity index (χ1n) is 12.4. The maximum absolute atomic E-state index is 13.6. The highest BCUT2D eigenvalue weighted by atomic mass is 19.2. The fourth-order valence-electron chi connectivity index (χ4n) is 6.52. The second-order valence-electron chi connectivity index (χ2n) is 10.4. The molecule has 2 unspecified atom stereocenters. The van der Waals surface area contributed by atoms with Gasteiger partial charge in [0, 0.05) is 6.61 Å². The van der Waals surface area contributed by atoms with Gasteiger partial charge in [0.1, 0.15) is 0 Å². The van der Waals surface area contributed by atoms with Gasteiger partial charge >= 0.3 is 0 Å². The molecule has 0 aromatic heterocycles. The van der Waals surface area contributed by atoms with E-state index in [4.69, 9.17) is 4.74 Å². The summed E-state index contributed by atoms with van der Waals surface area (Å²) in [7, 11) is 0. The number of hydrogen-bond acceptors (Lipinski definition) is 2. The summed E-state index contributed by atoms with van der Waals surface area (Å²) >= 11 is 0. The molecule has 1 heterocycles. The number of halogens is 3. The molecule has 1 N–H and O–H groups in total. The minimum atomic E-state index is -1.47. The van der Waals surface area contributed by atoms with Gasteiger partial charge in [-0.2, -0.15) is 0 Å². The molecule has 5 heteroatoms. The van der Waals surface area contributed by atoms with Crippen molar-refractivity contribution < 1.29 is 23.0 Å². The Morgan fingerprint density at radius 1 is 0.871 bits per heavy atom. The maximum Gasteiger partial charge on any atom is 0.194 e. The molecule has 1 aromatic rings. The SMILES string of the molecule is CCCC1CCC(C2CCC(C3CCC(O)(c4cc(F)c(F)c(F)c4)CC3)CC2)OC1. The summed E-state index contributed by atoms with van der Waals surface area (Å²) in [5, 5.41) is 11.0. The third-order valence-corrected chi connectivity index (χ3v) is 8.49. The molecule has 4 rings (SSSR count). The van der Waals surface area contributed by atoms with Crippen molar-refractivity contribution in [3.05, 3.63) is 35.1 Å². The van der Waals surface area contributed by atoms with Gasteiger partial charge < -0.3 is 9.84 Å². The van der Waals surface area contributed by atoms with Gasteiger partial charge in [-0.05, 0) is 112 Å². The normalized spacial score (nSPS) is 37.0. The van der Waals surface area contributed by atoms with E-state index in [1.54, 1.807) is 0 Å². The summed E-state index contributed by atoms with van der Waals surface area (Å²) in [4.78, 5) is 0. The van der Waals surface area contributed by atoms with E-state index in [0.717, 1.165) is 37.5 Å². The van der Waals surface area contributed by atoms with Gasteiger partial charge in [-0.1, -0.05) is 13.3 Å². The number of hydrogen-bond donors (Lipinski definition) is 1. The Labute approximate surface area is 184 Å². The van der Waals surface area contributed by atoms with Crippen molar-refractivity contribution in [2.45, 2.75) is 95.7 Å². The van der Waals surface area contributed by atoms with Gasteiger partial charge in [0.2, 0.25) is 0 Å². The van der Waals surface area contributed by atoms with E-state index in [1.165, 1.54) is 51.4 Å². The van der Waals surface area contributed by atoms with Crippen molar-refractivity contribution >= 4 is 0 Å². The van der Waals surface area contributed by atoms with Crippen LogP contribution in [0.4, 0.5) is 13.2 Å². The van der Waals surface area contributed by atoms with Crippen LogP contribution in [0.25, 0.3) is 0 Å². The zero-order valence-corrected chi connectivity index (χ0v) is 18.7. The molecular formula is C26H37F3O2. The zero-order valence-electron chi connectivity index (χ0n) is 18.7. The average molecular weight is 439 g/mol. The summed E-state index contributed by atoms with van der Waals surface area (Å²) in [5.74, 6) is -1.27. The van der Waals surface area contributed by atoms with E-state index in [9.17, 15) is 18.3 Å². The van der Waals surface area contributed by atoms with Gasteiger partial charge in [0.25, 0.3) is 0 Å². The van der Waals surface area contributed by atoms with E-state index in [1.807, 2.05) is 0 Å². The van der Waals surface area contributed by atoms with Crippen molar-refractivity contribution in [1.82, 2.24) is 0 Å². The molecule has 0 bridgehead atoms. The van der Waals surface area contributed by atoms with Crippen LogP contribution in [0.2, 0.25) is 0 Å². The lowest BCUT2D eigenvalue weighted by molar-refractivity contribution is -0.0652. The summed E-state index contributed by atoms with van der Waals surface area (Å²) in [5.41, 5.74) is -1.09. The molecular weight excluding hydrogens is 401 g/mol. The molecule has 0 radical (unpaired) electrons. The molecule has 1 saturated heterocycles. The van der Waals surface area contributed by atoms with E-state index < -0.39 is 23.1 Å². The number of ether oxygens (including phenoxy) is 1. The van der Waals surface area contributed by atoms with Crippen molar-refractivity contribution in [3.63, 3.8) is 0 Å². The number of aliphatic hydroxyl groups is 1. The van der Waals surface area contributed by atoms with E-state index in [-0.39, 0.29) is 5.56 Å². The third-order valence-electron chi connectivity index (χ3n) is 8.49. The summed E-state index contributed by atoms with van der Waals surface area (Å²) in [6, 6.07) is 1.92. The Morgan fingerprint density at radius 2 is 1.45 bits per heavy atom. The van der Waals surface area contributed by atoms with Gasteiger partial charge in [-0.15, -0.1) is 0 Å².